The van der Waals surface area contributed by atoms with Crippen molar-refractivity contribution < 1.29 is 4.79 Å². The number of nitrogens with zero attached hydrogens (tertiary/aromatic N) is 1. The molecule has 18 heavy (non-hydrogen) atoms. The standard InChI is InChI=1S/C14H23N3O/c1-3-9-17(4-2)11-13-8-6-5-7-12(13)10-14(18)16-15/h5-8H,3-4,9-11,15H2,1-2H3,(H,16,18). The highest BCUT2D eigenvalue weighted by Crippen LogP contribution is 2.12. The number of carbonyl (C=O) groups excluding carboxylic acids is 1. The molecule has 1 rings (SSSR count). The maximum absolute atomic E-state index is 11.4. The highest BCUT2D eigenvalue weighted by atomic mass is 16.2. The number of hydrazine groups is 1. The van der Waals surface area contributed by atoms with E-state index in [1.807, 2.05) is 18.2 Å². The Morgan fingerprint density at radius 3 is 2.50 bits per heavy atom. The van der Waals surface area contributed by atoms with Crippen molar-refractivity contribution in [3.63, 3.8) is 0 Å². The monoisotopic (exact) mass is 249 g/mol. The molecule has 1 aromatic rings. The third kappa shape index (κ3) is 4.47. The van der Waals surface area contributed by atoms with Gasteiger partial charge >= 0.3 is 0 Å². The molecule has 0 fully saturated rings. The molecule has 0 heterocycles. The van der Waals surface area contributed by atoms with E-state index in [1.165, 1.54) is 5.56 Å². The molecule has 0 atom stereocenters. The lowest BCUT2D eigenvalue weighted by Gasteiger charge is -2.21. The number of hydrogen-bond acceptors (Lipinski definition) is 3. The lowest BCUT2D eigenvalue weighted by atomic mass is 10.0. The molecule has 0 spiro atoms. The van der Waals surface area contributed by atoms with Crippen LogP contribution in [0.25, 0.3) is 0 Å². The van der Waals surface area contributed by atoms with Crippen molar-refractivity contribution in [2.24, 2.45) is 5.84 Å². The van der Waals surface area contributed by atoms with Crippen LogP contribution in [0, 0.1) is 0 Å². The molecule has 0 aliphatic carbocycles. The highest BCUT2D eigenvalue weighted by Gasteiger charge is 2.09. The molecule has 1 amide bonds. The first kappa shape index (κ1) is 14.7. The molecule has 1 aromatic carbocycles. The summed E-state index contributed by atoms with van der Waals surface area (Å²) in [5.41, 5.74) is 4.44. The minimum absolute atomic E-state index is 0.152. The SMILES string of the molecule is CCCN(CC)Cc1ccccc1CC(=O)NN. The van der Waals surface area contributed by atoms with Crippen LogP contribution in [0.5, 0.6) is 0 Å². The number of hydrogen-bond donors (Lipinski definition) is 2. The number of carbonyl (C=O) groups is 1. The summed E-state index contributed by atoms with van der Waals surface area (Å²) in [7, 11) is 0. The Hall–Kier alpha value is -1.39. The number of benzene rings is 1. The summed E-state index contributed by atoms with van der Waals surface area (Å²) in [5.74, 6) is 4.98. The van der Waals surface area contributed by atoms with Crippen LogP contribution < -0.4 is 11.3 Å². The van der Waals surface area contributed by atoms with Gasteiger partial charge in [0, 0.05) is 6.54 Å². The molecule has 0 aliphatic heterocycles. The van der Waals surface area contributed by atoms with E-state index in [1.54, 1.807) is 0 Å². The van der Waals surface area contributed by atoms with Gasteiger partial charge in [-0.2, -0.15) is 0 Å². The summed E-state index contributed by atoms with van der Waals surface area (Å²) in [6.07, 6.45) is 1.48. The van der Waals surface area contributed by atoms with E-state index in [4.69, 9.17) is 5.84 Å². The maximum Gasteiger partial charge on any atom is 0.238 e. The Morgan fingerprint density at radius 2 is 1.94 bits per heavy atom. The average Bonchev–Trinajstić information content (AvgIpc) is 2.40. The Labute approximate surface area is 109 Å². The van der Waals surface area contributed by atoms with Crippen LogP contribution in [0.1, 0.15) is 31.4 Å². The summed E-state index contributed by atoms with van der Waals surface area (Å²) in [6.45, 7) is 7.32. The average molecular weight is 249 g/mol. The molecule has 0 radical (unpaired) electrons. The van der Waals surface area contributed by atoms with Crippen LogP contribution in [-0.2, 0) is 17.8 Å². The normalized spacial score (nSPS) is 10.7. The van der Waals surface area contributed by atoms with Crippen LogP contribution in [0.2, 0.25) is 0 Å². The second-order valence-electron chi connectivity index (χ2n) is 4.38. The Kier molecular flexibility index (Phi) is 6.39. The summed E-state index contributed by atoms with van der Waals surface area (Å²) >= 11 is 0. The van der Waals surface area contributed by atoms with Gasteiger partial charge in [-0.05, 0) is 30.6 Å². The van der Waals surface area contributed by atoms with E-state index in [9.17, 15) is 4.79 Å². The van der Waals surface area contributed by atoms with Crippen LogP contribution in [0.4, 0.5) is 0 Å². The number of rotatable bonds is 7. The minimum Gasteiger partial charge on any atom is -0.299 e. The Bertz CT molecular complexity index is 379. The second kappa shape index (κ2) is 7.84. The molecule has 0 unspecified atom stereocenters. The lowest BCUT2D eigenvalue weighted by Crippen LogP contribution is -2.32. The molecule has 0 bridgehead atoms. The van der Waals surface area contributed by atoms with Crippen LogP contribution in [0.15, 0.2) is 24.3 Å². The minimum atomic E-state index is -0.152. The van der Waals surface area contributed by atoms with Crippen molar-refractivity contribution in [2.45, 2.75) is 33.2 Å². The van der Waals surface area contributed by atoms with Crippen molar-refractivity contribution in [3.8, 4) is 0 Å². The molecular weight excluding hydrogens is 226 g/mol. The Balaban J connectivity index is 2.77. The smallest absolute Gasteiger partial charge is 0.238 e. The van der Waals surface area contributed by atoms with Gasteiger partial charge in [-0.25, -0.2) is 5.84 Å². The number of nitrogens with one attached hydrogen (secondary N) is 1. The van der Waals surface area contributed by atoms with Gasteiger partial charge in [0.25, 0.3) is 0 Å². The number of nitrogens with two attached hydrogens (primary N) is 1. The van der Waals surface area contributed by atoms with Gasteiger partial charge in [-0.1, -0.05) is 38.1 Å². The van der Waals surface area contributed by atoms with E-state index >= 15 is 0 Å². The van der Waals surface area contributed by atoms with Crippen molar-refractivity contribution in [1.82, 2.24) is 10.3 Å². The Morgan fingerprint density at radius 1 is 1.28 bits per heavy atom. The fraction of sp³-hybridized carbons (Fsp3) is 0.500. The van der Waals surface area contributed by atoms with Gasteiger partial charge < -0.3 is 0 Å². The zero-order valence-electron chi connectivity index (χ0n) is 11.3. The highest BCUT2D eigenvalue weighted by molar-refractivity contribution is 5.78. The molecule has 0 aromatic heterocycles. The molecule has 0 aliphatic rings. The van der Waals surface area contributed by atoms with E-state index in [-0.39, 0.29) is 5.91 Å². The molecule has 0 saturated heterocycles. The van der Waals surface area contributed by atoms with Crippen LogP contribution in [-0.4, -0.2) is 23.9 Å². The van der Waals surface area contributed by atoms with E-state index in [0.29, 0.717) is 6.42 Å². The van der Waals surface area contributed by atoms with Gasteiger partial charge in [0.05, 0.1) is 6.42 Å². The summed E-state index contributed by atoms with van der Waals surface area (Å²) in [4.78, 5) is 13.7. The predicted molar refractivity (Wildman–Crippen MR) is 73.7 cm³/mol. The first-order chi connectivity index (χ1) is 8.71. The van der Waals surface area contributed by atoms with Crippen LogP contribution in [0.3, 0.4) is 0 Å². The van der Waals surface area contributed by atoms with Crippen molar-refractivity contribution in [1.29, 1.82) is 0 Å². The van der Waals surface area contributed by atoms with Gasteiger partial charge in [0.15, 0.2) is 0 Å². The van der Waals surface area contributed by atoms with Crippen molar-refractivity contribution in [2.75, 3.05) is 13.1 Å². The molecule has 4 nitrogen and oxygen atoms in total. The van der Waals surface area contributed by atoms with E-state index in [0.717, 1.165) is 31.6 Å². The molecule has 3 N–H and O–H groups in total. The number of amides is 1. The van der Waals surface area contributed by atoms with E-state index in [2.05, 4.69) is 30.2 Å². The predicted octanol–water partition coefficient (Wildman–Crippen LogP) is 1.45. The third-order valence-corrected chi connectivity index (χ3v) is 3.01. The zero-order valence-corrected chi connectivity index (χ0v) is 11.3. The fourth-order valence-corrected chi connectivity index (χ4v) is 2.01. The molecule has 0 saturated carbocycles. The maximum atomic E-state index is 11.4. The summed E-state index contributed by atoms with van der Waals surface area (Å²) < 4.78 is 0. The third-order valence-electron chi connectivity index (χ3n) is 3.01. The zero-order chi connectivity index (χ0) is 13.4. The molecule has 4 heteroatoms. The summed E-state index contributed by atoms with van der Waals surface area (Å²) in [6, 6.07) is 8.04. The van der Waals surface area contributed by atoms with Gasteiger partial charge in [0.1, 0.15) is 0 Å². The van der Waals surface area contributed by atoms with Crippen LogP contribution >= 0.6 is 0 Å². The van der Waals surface area contributed by atoms with Crippen molar-refractivity contribution >= 4 is 5.91 Å². The molecule has 100 valence electrons. The van der Waals surface area contributed by atoms with Crippen molar-refractivity contribution in [3.05, 3.63) is 35.4 Å². The van der Waals surface area contributed by atoms with Gasteiger partial charge in [-0.15, -0.1) is 0 Å². The quantitative estimate of drug-likeness (QED) is 0.437. The first-order valence-electron chi connectivity index (χ1n) is 6.49. The second-order valence-corrected chi connectivity index (χ2v) is 4.38. The van der Waals surface area contributed by atoms with Gasteiger partial charge in [0.2, 0.25) is 5.91 Å². The molecular formula is C14H23N3O. The topological polar surface area (TPSA) is 58.4 Å². The largest absolute Gasteiger partial charge is 0.299 e. The van der Waals surface area contributed by atoms with E-state index < -0.39 is 0 Å². The lowest BCUT2D eigenvalue weighted by molar-refractivity contribution is -0.120. The van der Waals surface area contributed by atoms with Gasteiger partial charge in [-0.3, -0.25) is 15.1 Å². The summed E-state index contributed by atoms with van der Waals surface area (Å²) in [5, 5.41) is 0. The first-order valence-corrected chi connectivity index (χ1v) is 6.49. The fourth-order valence-electron chi connectivity index (χ4n) is 2.01.